The van der Waals surface area contributed by atoms with E-state index < -0.39 is 24.6 Å². The van der Waals surface area contributed by atoms with E-state index in [0.29, 0.717) is 46.7 Å². The molecule has 3 aromatic rings. The molecule has 1 heterocycles. The second kappa shape index (κ2) is 14.1. The number of carboxylic acid groups (broad SMARTS) is 1. The summed E-state index contributed by atoms with van der Waals surface area (Å²) in [6.45, 7) is 7.69. The Balaban J connectivity index is 0.00000507. The first kappa shape index (κ1) is 31.9. The summed E-state index contributed by atoms with van der Waals surface area (Å²) in [4.78, 5) is 15.6. The fourth-order valence-electron chi connectivity index (χ4n) is 4.31. The van der Waals surface area contributed by atoms with Crippen molar-refractivity contribution in [1.82, 2.24) is 9.55 Å². The molecule has 0 aliphatic heterocycles. The number of hydrogen-bond acceptors (Lipinski definition) is 5. The van der Waals surface area contributed by atoms with Crippen LogP contribution in [0.5, 0.6) is 0 Å². The second-order valence-corrected chi connectivity index (χ2v) is 9.39. The molecule has 1 aromatic heterocycles. The third-order valence-corrected chi connectivity index (χ3v) is 6.20. The van der Waals surface area contributed by atoms with E-state index in [0.717, 1.165) is 5.56 Å². The maximum atomic E-state index is 15.0. The van der Waals surface area contributed by atoms with Gasteiger partial charge < -0.3 is 24.7 Å². The molecule has 2 atom stereocenters. The summed E-state index contributed by atoms with van der Waals surface area (Å²) < 4.78 is 30.5. The first-order valence-electron chi connectivity index (χ1n) is 12.5. The molecule has 0 bridgehead atoms. The van der Waals surface area contributed by atoms with E-state index in [4.69, 9.17) is 4.98 Å². The summed E-state index contributed by atoms with van der Waals surface area (Å²) in [6, 6.07) is 9.54. The smallest absolute Gasteiger partial charge is 0.550 e. The number of aromatic nitrogens is 2. The van der Waals surface area contributed by atoms with Crippen LogP contribution in [0.3, 0.4) is 0 Å². The quantitative estimate of drug-likeness (QED) is 0.363. The number of imidazole rings is 1. The van der Waals surface area contributed by atoms with Crippen molar-refractivity contribution >= 4 is 12.2 Å². The average molecular weight is 535 g/mol. The molecule has 6 nitrogen and oxygen atoms in total. The van der Waals surface area contributed by atoms with E-state index in [9.17, 15) is 28.9 Å². The predicted molar refractivity (Wildman–Crippen MR) is 137 cm³/mol. The fraction of sp³-hybridized carbons (Fsp3) is 0.379. The summed E-state index contributed by atoms with van der Waals surface area (Å²) in [5.41, 5.74) is 3.76. The van der Waals surface area contributed by atoms with Crippen molar-refractivity contribution in [1.29, 1.82) is 0 Å². The molecule has 0 aliphatic carbocycles. The van der Waals surface area contributed by atoms with Gasteiger partial charge in [0.15, 0.2) is 0 Å². The van der Waals surface area contributed by atoms with Gasteiger partial charge in [-0.15, -0.1) is 0 Å². The van der Waals surface area contributed by atoms with Crippen molar-refractivity contribution in [2.45, 2.75) is 71.5 Å². The Hall–Kier alpha value is -2.36. The maximum Gasteiger partial charge on any atom is 1.00 e. The number of aliphatic carboxylic acids is 1. The minimum Gasteiger partial charge on any atom is -0.550 e. The molecule has 0 saturated heterocycles. The molecule has 9 heteroatoms. The van der Waals surface area contributed by atoms with Gasteiger partial charge in [0.05, 0.1) is 23.6 Å². The standard InChI is InChI=1S/C29H34F2N2O4.Na/c1-5-18-13-21(14-19(6-2)26(18)31)28-27(20-7-9-22(30)10-8-20)32-29(17(3)4)33(28)12-11-23(34)15-24(35)16-25(36)37;/h7-14,17,23-24,34-35H,5-6,15-16H2,1-4H3,(H,36,37);/q;+1/p-1/b12-11+;/t23-,24-;/m1./s1. The maximum absolute atomic E-state index is 15.0. The third-order valence-electron chi connectivity index (χ3n) is 6.20. The number of carboxylic acids is 1. The van der Waals surface area contributed by atoms with Crippen LogP contribution < -0.4 is 34.7 Å². The van der Waals surface area contributed by atoms with Gasteiger partial charge in [-0.05, 0) is 66.4 Å². The van der Waals surface area contributed by atoms with E-state index in [2.05, 4.69) is 0 Å². The van der Waals surface area contributed by atoms with E-state index in [1.165, 1.54) is 18.2 Å². The van der Waals surface area contributed by atoms with Gasteiger partial charge in [0.25, 0.3) is 0 Å². The van der Waals surface area contributed by atoms with Crippen molar-refractivity contribution in [3.05, 3.63) is 71.1 Å². The van der Waals surface area contributed by atoms with Crippen LogP contribution in [0.1, 0.15) is 63.4 Å². The molecule has 3 rings (SSSR count). The zero-order chi connectivity index (χ0) is 27.3. The second-order valence-electron chi connectivity index (χ2n) is 9.39. The summed E-state index contributed by atoms with van der Waals surface area (Å²) in [6.07, 6.45) is 0.904. The Labute approximate surface area is 244 Å². The van der Waals surface area contributed by atoms with Crippen LogP contribution in [-0.2, 0) is 17.6 Å². The third kappa shape index (κ3) is 7.61. The number of carbonyl (C=O) groups is 1. The number of nitrogens with zero attached hydrogens (tertiary/aromatic N) is 2. The Morgan fingerprint density at radius 3 is 2.13 bits per heavy atom. The number of aryl methyl sites for hydroxylation is 2. The minimum atomic E-state index is -1.40. The molecule has 0 radical (unpaired) electrons. The molecule has 0 aliphatic rings. The van der Waals surface area contributed by atoms with Crippen LogP contribution >= 0.6 is 0 Å². The van der Waals surface area contributed by atoms with E-state index >= 15 is 0 Å². The number of rotatable bonds is 11. The van der Waals surface area contributed by atoms with Crippen LogP contribution in [0, 0.1) is 11.6 Å². The fourth-order valence-corrected chi connectivity index (χ4v) is 4.31. The SMILES string of the molecule is CCc1cc(-c2c(-c3ccc(F)cc3)nc(C(C)C)n2/C=C/[C@@H](O)C[C@@H](O)CC(=O)[O-])cc(CC)c1F.[Na+]. The van der Waals surface area contributed by atoms with Gasteiger partial charge >= 0.3 is 29.6 Å². The van der Waals surface area contributed by atoms with E-state index in [1.54, 1.807) is 30.5 Å². The van der Waals surface area contributed by atoms with E-state index in [1.807, 2.05) is 32.3 Å². The van der Waals surface area contributed by atoms with Gasteiger partial charge in [-0.3, -0.25) is 0 Å². The van der Waals surface area contributed by atoms with Crippen LogP contribution in [0.15, 0.2) is 42.5 Å². The zero-order valence-corrected chi connectivity index (χ0v) is 24.5. The number of aliphatic hydroxyl groups excluding tert-OH is 2. The first-order valence-corrected chi connectivity index (χ1v) is 12.5. The number of carbonyl (C=O) groups excluding carboxylic acids is 1. The van der Waals surface area contributed by atoms with Crippen molar-refractivity contribution in [3.63, 3.8) is 0 Å². The van der Waals surface area contributed by atoms with Gasteiger partial charge in [-0.25, -0.2) is 13.8 Å². The van der Waals surface area contributed by atoms with Crippen LogP contribution in [0.2, 0.25) is 0 Å². The minimum absolute atomic E-state index is 0. The van der Waals surface area contributed by atoms with Gasteiger partial charge in [0.2, 0.25) is 0 Å². The monoisotopic (exact) mass is 534 g/mol. The van der Waals surface area contributed by atoms with Crippen LogP contribution in [0.25, 0.3) is 28.7 Å². The molecule has 0 spiro atoms. The van der Waals surface area contributed by atoms with Crippen molar-refractivity contribution in [2.75, 3.05) is 0 Å². The Morgan fingerprint density at radius 2 is 1.63 bits per heavy atom. The first-order chi connectivity index (χ1) is 17.5. The van der Waals surface area contributed by atoms with Gasteiger partial charge in [-0.2, -0.15) is 0 Å². The number of benzene rings is 2. The van der Waals surface area contributed by atoms with Gasteiger partial charge in [0, 0.05) is 42.1 Å². The largest absolute Gasteiger partial charge is 1.00 e. The topological polar surface area (TPSA) is 98.4 Å². The molecule has 38 heavy (non-hydrogen) atoms. The summed E-state index contributed by atoms with van der Waals surface area (Å²) in [7, 11) is 0. The molecule has 0 amide bonds. The summed E-state index contributed by atoms with van der Waals surface area (Å²) in [5.74, 6) is -1.40. The van der Waals surface area contributed by atoms with Crippen LogP contribution in [0.4, 0.5) is 8.78 Å². The Kier molecular flexibility index (Phi) is 11.9. The molecule has 0 fully saturated rings. The predicted octanol–water partition coefficient (Wildman–Crippen LogP) is 1.47. The molecule has 0 unspecified atom stereocenters. The van der Waals surface area contributed by atoms with Crippen molar-refractivity contribution < 1.29 is 58.5 Å². The Morgan fingerprint density at radius 1 is 1.05 bits per heavy atom. The molecular formula is C29H33F2N2NaO4. The number of halogens is 2. The number of aliphatic hydroxyl groups is 2. The van der Waals surface area contributed by atoms with E-state index in [-0.39, 0.29) is 53.5 Å². The van der Waals surface area contributed by atoms with Crippen LogP contribution in [-0.4, -0.2) is 37.9 Å². The molecule has 2 aromatic carbocycles. The average Bonchev–Trinajstić information content (AvgIpc) is 3.22. The summed E-state index contributed by atoms with van der Waals surface area (Å²) in [5, 5.41) is 31.1. The molecule has 0 saturated carbocycles. The molecule has 2 N–H and O–H groups in total. The molecular weight excluding hydrogens is 501 g/mol. The van der Waals surface area contributed by atoms with Crippen molar-refractivity contribution in [3.8, 4) is 22.5 Å². The zero-order valence-electron chi connectivity index (χ0n) is 22.5. The normalized spacial score (nSPS) is 13.1. The van der Waals surface area contributed by atoms with Crippen molar-refractivity contribution in [2.24, 2.45) is 0 Å². The summed E-state index contributed by atoms with van der Waals surface area (Å²) >= 11 is 0. The van der Waals surface area contributed by atoms with Gasteiger partial charge in [0.1, 0.15) is 17.5 Å². The number of hydrogen-bond donors (Lipinski definition) is 2. The Bertz CT molecular complexity index is 1250. The van der Waals surface area contributed by atoms with Gasteiger partial charge in [-0.1, -0.05) is 27.7 Å². The molecule has 198 valence electrons.